The first-order chi connectivity index (χ1) is 10.5. The fraction of sp³-hybridized carbons (Fsp3) is 0.125. The molecular formula is C16H15BrN2O2S. The second kappa shape index (κ2) is 7.47. The zero-order valence-electron chi connectivity index (χ0n) is 11.9. The smallest absolute Gasteiger partial charge is 0.248 e. The summed E-state index contributed by atoms with van der Waals surface area (Å²) in [7, 11) is 0. The van der Waals surface area contributed by atoms with Gasteiger partial charge in [0.15, 0.2) is 0 Å². The number of primary amides is 1. The molecule has 0 aliphatic heterocycles. The number of carbonyl (C=O) groups is 2. The number of hydrogen-bond acceptors (Lipinski definition) is 3. The minimum absolute atomic E-state index is 0.104. The number of nitrogens with two attached hydrogens (primary N) is 1. The van der Waals surface area contributed by atoms with Crippen LogP contribution in [0.2, 0.25) is 0 Å². The first-order valence-corrected chi connectivity index (χ1v) is 8.26. The van der Waals surface area contributed by atoms with Gasteiger partial charge in [0.05, 0.1) is 5.25 Å². The Balaban J connectivity index is 1.99. The first-order valence-electron chi connectivity index (χ1n) is 6.59. The van der Waals surface area contributed by atoms with Crippen molar-refractivity contribution in [3.05, 3.63) is 58.6 Å². The molecule has 0 heterocycles. The standard InChI is InChI=1S/C16H15BrN2O2S/c1-10(22-14-5-3-2-4-13(14)17)16(21)19-12-8-6-11(7-9-12)15(18)20/h2-10H,1H3,(H2,18,20)(H,19,21)/t10-/m0/s1. The van der Waals surface area contributed by atoms with Gasteiger partial charge in [0.1, 0.15) is 0 Å². The summed E-state index contributed by atoms with van der Waals surface area (Å²) in [5.74, 6) is -0.594. The fourth-order valence-corrected chi connectivity index (χ4v) is 3.20. The Morgan fingerprint density at radius 2 is 1.77 bits per heavy atom. The second-order valence-electron chi connectivity index (χ2n) is 4.62. The molecule has 0 saturated carbocycles. The SMILES string of the molecule is C[C@H](Sc1ccccc1Br)C(=O)Nc1ccc(C(N)=O)cc1. The van der Waals surface area contributed by atoms with Gasteiger partial charge in [0, 0.05) is 20.6 Å². The monoisotopic (exact) mass is 378 g/mol. The zero-order valence-corrected chi connectivity index (χ0v) is 14.3. The number of carbonyl (C=O) groups excluding carboxylic acids is 2. The van der Waals surface area contributed by atoms with Gasteiger partial charge in [-0.2, -0.15) is 0 Å². The number of hydrogen-bond donors (Lipinski definition) is 2. The highest BCUT2D eigenvalue weighted by molar-refractivity contribution is 9.10. The number of thioether (sulfide) groups is 1. The van der Waals surface area contributed by atoms with Crippen LogP contribution in [0.15, 0.2) is 57.9 Å². The third-order valence-electron chi connectivity index (χ3n) is 2.95. The molecule has 0 saturated heterocycles. The molecule has 2 aromatic rings. The molecule has 4 nitrogen and oxygen atoms in total. The maximum absolute atomic E-state index is 12.2. The van der Waals surface area contributed by atoms with Crippen LogP contribution >= 0.6 is 27.7 Å². The second-order valence-corrected chi connectivity index (χ2v) is 6.86. The van der Waals surface area contributed by atoms with Crippen LogP contribution in [-0.2, 0) is 4.79 Å². The van der Waals surface area contributed by atoms with E-state index < -0.39 is 5.91 Å². The van der Waals surface area contributed by atoms with E-state index in [1.54, 1.807) is 24.3 Å². The van der Waals surface area contributed by atoms with Gasteiger partial charge in [0.25, 0.3) is 0 Å². The number of benzene rings is 2. The lowest BCUT2D eigenvalue weighted by Gasteiger charge is -2.13. The van der Waals surface area contributed by atoms with Gasteiger partial charge in [-0.25, -0.2) is 0 Å². The molecule has 0 unspecified atom stereocenters. The molecule has 1 atom stereocenters. The molecule has 6 heteroatoms. The Morgan fingerprint density at radius 1 is 1.14 bits per heavy atom. The summed E-state index contributed by atoms with van der Waals surface area (Å²) < 4.78 is 0.963. The maximum Gasteiger partial charge on any atom is 0.248 e. The Morgan fingerprint density at radius 3 is 2.36 bits per heavy atom. The van der Waals surface area contributed by atoms with Gasteiger partial charge in [-0.15, -0.1) is 11.8 Å². The van der Waals surface area contributed by atoms with Crippen molar-refractivity contribution in [3.8, 4) is 0 Å². The molecule has 0 radical (unpaired) electrons. The van der Waals surface area contributed by atoms with E-state index in [9.17, 15) is 9.59 Å². The lowest BCUT2D eigenvalue weighted by Crippen LogP contribution is -2.22. The van der Waals surface area contributed by atoms with E-state index in [0.29, 0.717) is 11.3 Å². The molecule has 114 valence electrons. The molecule has 2 rings (SSSR count). The lowest BCUT2D eigenvalue weighted by atomic mass is 10.2. The summed E-state index contributed by atoms with van der Waals surface area (Å²) in [4.78, 5) is 24.2. The summed E-state index contributed by atoms with van der Waals surface area (Å²) in [6.07, 6.45) is 0. The van der Waals surface area contributed by atoms with Crippen LogP contribution in [0, 0.1) is 0 Å². The van der Waals surface area contributed by atoms with Crippen molar-refractivity contribution in [2.75, 3.05) is 5.32 Å². The van der Waals surface area contributed by atoms with Gasteiger partial charge in [0.2, 0.25) is 11.8 Å². The molecule has 0 bridgehead atoms. The normalized spacial score (nSPS) is 11.7. The van der Waals surface area contributed by atoms with E-state index >= 15 is 0 Å². The topological polar surface area (TPSA) is 72.2 Å². The number of halogens is 1. The zero-order chi connectivity index (χ0) is 16.1. The van der Waals surface area contributed by atoms with E-state index in [1.165, 1.54) is 11.8 Å². The van der Waals surface area contributed by atoms with Crippen LogP contribution in [0.1, 0.15) is 17.3 Å². The van der Waals surface area contributed by atoms with E-state index in [-0.39, 0.29) is 11.2 Å². The fourth-order valence-electron chi connectivity index (χ4n) is 1.75. The van der Waals surface area contributed by atoms with Crippen LogP contribution in [-0.4, -0.2) is 17.1 Å². The summed E-state index contributed by atoms with van der Waals surface area (Å²) >= 11 is 4.94. The third-order valence-corrected chi connectivity index (χ3v) is 5.08. The molecule has 2 aromatic carbocycles. The molecule has 2 amide bonds. The third kappa shape index (κ3) is 4.35. The average Bonchev–Trinajstić information content (AvgIpc) is 2.50. The van der Waals surface area contributed by atoms with Crippen molar-refractivity contribution in [2.24, 2.45) is 5.73 Å². The Labute approximate surface area is 141 Å². The summed E-state index contributed by atoms with van der Waals surface area (Å²) in [6, 6.07) is 14.3. The maximum atomic E-state index is 12.2. The molecule has 3 N–H and O–H groups in total. The van der Waals surface area contributed by atoms with Crippen LogP contribution < -0.4 is 11.1 Å². The predicted molar refractivity (Wildman–Crippen MR) is 93.1 cm³/mol. The van der Waals surface area contributed by atoms with Crippen molar-refractivity contribution in [3.63, 3.8) is 0 Å². The van der Waals surface area contributed by atoms with Crippen LogP contribution in [0.25, 0.3) is 0 Å². The molecule has 0 spiro atoms. The molecule has 0 fully saturated rings. The van der Waals surface area contributed by atoms with E-state index in [0.717, 1.165) is 9.37 Å². The highest BCUT2D eigenvalue weighted by Gasteiger charge is 2.15. The van der Waals surface area contributed by atoms with Crippen molar-refractivity contribution in [1.82, 2.24) is 0 Å². The number of anilines is 1. The number of amides is 2. The molecular weight excluding hydrogens is 364 g/mol. The Bertz CT molecular complexity index is 689. The predicted octanol–water partition coefficient (Wildman–Crippen LogP) is 3.67. The highest BCUT2D eigenvalue weighted by atomic mass is 79.9. The highest BCUT2D eigenvalue weighted by Crippen LogP contribution is 2.30. The van der Waals surface area contributed by atoms with Gasteiger partial charge in [-0.1, -0.05) is 12.1 Å². The average molecular weight is 379 g/mol. The largest absolute Gasteiger partial charge is 0.366 e. The van der Waals surface area contributed by atoms with Gasteiger partial charge in [-0.3, -0.25) is 9.59 Å². The molecule has 22 heavy (non-hydrogen) atoms. The molecule has 0 aliphatic rings. The minimum atomic E-state index is -0.490. The minimum Gasteiger partial charge on any atom is -0.366 e. The van der Waals surface area contributed by atoms with E-state index in [2.05, 4.69) is 21.2 Å². The van der Waals surface area contributed by atoms with Crippen LogP contribution in [0.5, 0.6) is 0 Å². The van der Waals surface area contributed by atoms with Gasteiger partial charge in [-0.05, 0) is 59.3 Å². The summed E-state index contributed by atoms with van der Waals surface area (Å²) in [5.41, 5.74) is 6.22. The summed E-state index contributed by atoms with van der Waals surface area (Å²) in [5, 5.41) is 2.57. The van der Waals surface area contributed by atoms with Crippen molar-refractivity contribution < 1.29 is 9.59 Å². The Hall–Kier alpha value is -1.79. The summed E-state index contributed by atoms with van der Waals surface area (Å²) in [6.45, 7) is 1.84. The van der Waals surface area contributed by atoms with Gasteiger partial charge >= 0.3 is 0 Å². The first kappa shape index (κ1) is 16.6. The number of nitrogens with one attached hydrogen (secondary N) is 1. The van der Waals surface area contributed by atoms with Crippen molar-refractivity contribution in [1.29, 1.82) is 0 Å². The van der Waals surface area contributed by atoms with E-state index in [4.69, 9.17) is 5.73 Å². The van der Waals surface area contributed by atoms with Gasteiger partial charge < -0.3 is 11.1 Å². The van der Waals surface area contributed by atoms with Crippen molar-refractivity contribution in [2.45, 2.75) is 17.1 Å². The quantitative estimate of drug-likeness (QED) is 0.779. The lowest BCUT2D eigenvalue weighted by molar-refractivity contribution is -0.115. The molecule has 0 aliphatic carbocycles. The molecule has 0 aromatic heterocycles. The Kier molecular flexibility index (Phi) is 5.63. The van der Waals surface area contributed by atoms with Crippen LogP contribution in [0.4, 0.5) is 5.69 Å². The van der Waals surface area contributed by atoms with Crippen LogP contribution in [0.3, 0.4) is 0 Å². The number of rotatable bonds is 5. The van der Waals surface area contributed by atoms with E-state index in [1.807, 2.05) is 31.2 Å². The van der Waals surface area contributed by atoms with Crippen molar-refractivity contribution >= 4 is 45.2 Å².